The van der Waals surface area contributed by atoms with E-state index >= 15 is 0 Å². The van der Waals surface area contributed by atoms with E-state index in [-0.39, 0.29) is 6.10 Å². The minimum absolute atomic E-state index is 0.351. The lowest BCUT2D eigenvalue weighted by Crippen LogP contribution is -2.30. The zero-order chi connectivity index (χ0) is 11.8. The normalized spacial score (nSPS) is 12.9. The summed E-state index contributed by atoms with van der Waals surface area (Å²) >= 11 is 1.61. The lowest BCUT2D eigenvalue weighted by Gasteiger charge is -2.10. The van der Waals surface area contributed by atoms with Crippen molar-refractivity contribution < 1.29 is 14.3 Å². The van der Waals surface area contributed by atoms with Gasteiger partial charge < -0.3 is 19.6 Å². The van der Waals surface area contributed by atoms with Crippen molar-refractivity contribution in [3.63, 3.8) is 0 Å². The van der Waals surface area contributed by atoms with Gasteiger partial charge in [-0.1, -0.05) is 0 Å². The molecule has 1 heterocycles. The minimum atomic E-state index is -0.351. The third-order valence-corrected chi connectivity index (χ3v) is 3.39. The van der Waals surface area contributed by atoms with Gasteiger partial charge in [-0.15, -0.1) is 11.8 Å². The van der Waals surface area contributed by atoms with E-state index in [9.17, 15) is 5.11 Å². The molecule has 1 aromatic rings. The standard InChI is InChI=1S/C11H19NO3S/c1-9-11(3-5-15-9)16-8-10(13)7-12-4-6-14-2/h3,5,10,12-13H,4,6-8H2,1-2H3. The molecule has 2 N–H and O–H groups in total. The average Bonchev–Trinajstić information content (AvgIpc) is 2.67. The maximum Gasteiger partial charge on any atom is 0.114 e. The van der Waals surface area contributed by atoms with E-state index in [1.165, 1.54) is 0 Å². The second-order valence-electron chi connectivity index (χ2n) is 3.50. The van der Waals surface area contributed by atoms with Gasteiger partial charge in [0.25, 0.3) is 0 Å². The van der Waals surface area contributed by atoms with Gasteiger partial charge in [-0.2, -0.15) is 0 Å². The minimum Gasteiger partial charge on any atom is -0.468 e. The summed E-state index contributed by atoms with van der Waals surface area (Å²) in [5, 5.41) is 12.8. The summed E-state index contributed by atoms with van der Waals surface area (Å²) in [6.45, 7) is 3.95. The number of hydrogen-bond acceptors (Lipinski definition) is 5. The molecule has 1 rings (SSSR count). The molecule has 92 valence electrons. The molecule has 4 nitrogen and oxygen atoms in total. The predicted octanol–water partition coefficient (Wildman–Crippen LogP) is 1.28. The van der Waals surface area contributed by atoms with Crippen LogP contribution in [0.2, 0.25) is 0 Å². The smallest absolute Gasteiger partial charge is 0.114 e. The Bertz CT molecular complexity index is 291. The fourth-order valence-electron chi connectivity index (χ4n) is 1.21. The van der Waals surface area contributed by atoms with Crippen LogP contribution in [0.15, 0.2) is 21.6 Å². The number of aliphatic hydroxyl groups is 1. The number of aliphatic hydroxyl groups excluding tert-OH is 1. The van der Waals surface area contributed by atoms with Crippen molar-refractivity contribution in [2.45, 2.75) is 17.9 Å². The number of methoxy groups -OCH3 is 1. The van der Waals surface area contributed by atoms with Crippen LogP contribution in [0.3, 0.4) is 0 Å². The predicted molar refractivity (Wildman–Crippen MR) is 64.9 cm³/mol. The molecule has 0 aliphatic heterocycles. The monoisotopic (exact) mass is 245 g/mol. The Labute approximate surface area is 100 Å². The number of ether oxygens (including phenoxy) is 1. The van der Waals surface area contributed by atoms with Gasteiger partial charge in [0.05, 0.1) is 19.0 Å². The maximum absolute atomic E-state index is 9.68. The van der Waals surface area contributed by atoms with Gasteiger partial charge in [0.1, 0.15) is 5.76 Å². The van der Waals surface area contributed by atoms with Gasteiger partial charge in [-0.05, 0) is 13.0 Å². The fraction of sp³-hybridized carbons (Fsp3) is 0.636. The van der Waals surface area contributed by atoms with Crippen LogP contribution in [-0.2, 0) is 4.74 Å². The van der Waals surface area contributed by atoms with E-state index in [1.54, 1.807) is 25.1 Å². The summed E-state index contributed by atoms with van der Waals surface area (Å²) < 4.78 is 10.1. The molecule has 16 heavy (non-hydrogen) atoms. The van der Waals surface area contributed by atoms with Gasteiger partial charge in [0.15, 0.2) is 0 Å². The van der Waals surface area contributed by atoms with Crippen LogP contribution < -0.4 is 5.32 Å². The maximum atomic E-state index is 9.68. The van der Waals surface area contributed by atoms with Crippen molar-refractivity contribution >= 4 is 11.8 Å². The van der Waals surface area contributed by atoms with E-state index in [2.05, 4.69) is 5.32 Å². The Morgan fingerprint density at radius 3 is 3.06 bits per heavy atom. The zero-order valence-electron chi connectivity index (χ0n) is 9.73. The molecule has 0 saturated carbocycles. The summed E-state index contributed by atoms with van der Waals surface area (Å²) in [5.74, 6) is 1.57. The van der Waals surface area contributed by atoms with Crippen LogP contribution in [0, 0.1) is 6.92 Å². The number of rotatable bonds is 8. The van der Waals surface area contributed by atoms with Crippen molar-refractivity contribution in [2.75, 3.05) is 32.6 Å². The van der Waals surface area contributed by atoms with Crippen LogP contribution >= 0.6 is 11.8 Å². The second kappa shape index (κ2) is 7.73. The van der Waals surface area contributed by atoms with Crippen LogP contribution in [0.25, 0.3) is 0 Å². The van der Waals surface area contributed by atoms with E-state index in [4.69, 9.17) is 9.15 Å². The third-order valence-electron chi connectivity index (χ3n) is 2.11. The Morgan fingerprint density at radius 1 is 1.62 bits per heavy atom. The fourth-order valence-corrected chi connectivity index (χ4v) is 2.10. The molecule has 0 radical (unpaired) electrons. The average molecular weight is 245 g/mol. The molecule has 5 heteroatoms. The second-order valence-corrected chi connectivity index (χ2v) is 4.56. The summed E-state index contributed by atoms with van der Waals surface area (Å²) in [5.41, 5.74) is 0. The first-order valence-electron chi connectivity index (χ1n) is 5.28. The molecule has 1 unspecified atom stereocenters. The van der Waals surface area contributed by atoms with Gasteiger partial charge in [0.2, 0.25) is 0 Å². The number of hydrogen-bond donors (Lipinski definition) is 2. The van der Waals surface area contributed by atoms with Gasteiger partial charge in [-0.25, -0.2) is 0 Å². The summed E-state index contributed by atoms with van der Waals surface area (Å²) in [4.78, 5) is 1.09. The highest BCUT2D eigenvalue weighted by Crippen LogP contribution is 2.23. The van der Waals surface area contributed by atoms with Crippen LogP contribution in [0.1, 0.15) is 5.76 Å². The molecular weight excluding hydrogens is 226 g/mol. The third kappa shape index (κ3) is 5.03. The number of aryl methyl sites for hydroxylation is 1. The van der Waals surface area contributed by atoms with E-state index in [1.807, 2.05) is 13.0 Å². The Morgan fingerprint density at radius 2 is 2.44 bits per heavy atom. The van der Waals surface area contributed by atoms with E-state index in [0.717, 1.165) is 17.2 Å². The van der Waals surface area contributed by atoms with Crippen LogP contribution in [-0.4, -0.2) is 43.8 Å². The number of nitrogens with one attached hydrogen (secondary N) is 1. The number of thioether (sulfide) groups is 1. The molecule has 0 amide bonds. The first-order chi connectivity index (χ1) is 7.74. The van der Waals surface area contributed by atoms with Crippen molar-refractivity contribution in [3.8, 4) is 0 Å². The van der Waals surface area contributed by atoms with Gasteiger partial charge >= 0.3 is 0 Å². The topological polar surface area (TPSA) is 54.6 Å². The van der Waals surface area contributed by atoms with Crippen molar-refractivity contribution in [1.29, 1.82) is 0 Å². The Balaban J connectivity index is 2.10. The van der Waals surface area contributed by atoms with Crippen LogP contribution in [0.4, 0.5) is 0 Å². The first-order valence-corrected chi connectivity index (χ1v) is 6.27. The molecule has 0 saturated heterocycles. The molecule has 0 aromatic carbocycles. The van der Waals surface area contributed by atoms with E-state index < -0.39 is 0 Å². The van der Waals surface area contributed by atoms with Crippen molar-refractivity contribution in [3.05, 3.63) is 18.1 Å². The molecule has 0 fully saturated rings. The highest BCUT2D eigenvalue weighted by atomic mass is 32.2. The number of furan rings is 1. The Hall–Kier alpha value is -0.490. The molecular formula is C11H19NO3S. The van der Waals surface area contributed by atoms with Crippen molar-refractivity contribution in [2.24, 2.45) is 0 Å². The molecule has 1 atom stereocenters. The molecule has 0 aliphatic carbocycles. The largest absolute Gasteiger partial charge is 0.468 e. The van der Waals surface area contributed by atoms with Gasteiger partial charge in [0, 0.05) is 30.8 Å². The van der Waals surface area contributed by atoms with Gasteiger partial charge in [-0.3, -0.25) is 0 Å². The lowest BCUT2D eigenvalue weighted by atomic mass is 10.4. The highest BCUT2D eigenvalue weighted by Gasteiger charge is 2.07. The quantitative estimate of drug-likeness (QED) is 0.534. The molecule has 0 spiro atoms. The molecule has 0 bridgehead atoms. The van der Waals surface area contributed by atoms with E-state index in [0.29, 0.717) is 18.9 Å². The lowest BCUT2D eigenvalue weighted by molar-refractivity contribution is 0.175. The van der Waals surface area contributed by atoms with Crippen molar-refractivity contribution in [1.82, 2.24) is 5.32 Å². The van der Waals surface area contributed by atoms with Crippen LogP contribution in [0.5, 0.6) is 0 Å². The zero-order valence-corrected chi connectivity index (χ0v) is 10.5. The summed E-state index contributed by atoms with van der Waals surface area (Å²) in [6, 6.07) is 1.92. The highest BCUT2D eigenvalue weighted by molar-refractivity contribution is 7.99. The first kappa shape index (κ1) is 13.6. The molecule has 0 aliphatic rings. The summed E-state index contributed by atoms with van der Waals surface area (Å²) in [6.07, 6.45) is 1.32. The Kier molecular flexibility index (Phi) is 6.56. The summed E-state index contributed by atoms with van der Waals surface area (Å²) in [7, 11) is 1.66. The molecule has 1 aromatic heterocycles. The SMILES string of the molecule is COCCNCC(O)CSc1ccoc1C.